The van der Waals surface area contributed by atoms with E-state index in [4.69, 9.17) is 0 Å². The van der Waals surface area contributed by atoms with Crippen LogP contribution in [0.5, 0.6) is 0 Å². The van der Waals surface area contributed by atoms with Gasteiger partial charge in [0.2, 0.25) is 0 Å². The monoisotopic (exact) mass is 250 g/mol. The van der Waals surface area contributed by atoms with E-state index in [9.17, 15) is 0 Å². The maximum absolute atomic E-state index is 2.39. The Labute approximate surface area is 115 Å². The molecule has 2 aliphatic rings. The highest BCUT2D eigenvalue weighted by Gasteiger charge is 2.23. The predicted octanol–water partition coefficient (Wildman–Crippen LogP) is 6.20. The van der Waals surface area contributed by atoms with Crippen molar-refractivity contribution in [2.45, 2.75) is 90.9 Å². The molecule has 0 aromatic carbocycles. The number of rotatable bonds is 5. The van der Waals surface area contributed by atoms with Crippen molar-refractivity contribution < 1.29 is 0 Å². The van der Waals surface area contributed by atoms with Crippen molar-refractivity contribution in [2.75, 3.05) is 0 Å². The summed E-state index contributed by atoms with van der Waals surface area (Å²) in [6.07, 6.45) is 18.4. The lowest BCUT2D eigenvalue weighted by Gasteiger charge is -2.31. The van der Waals surface area contributed by atoms with Crippen LogP contribution in [0.1, 0.15) is 90.9 Å². The lowest BCUT2D eigenvalue weighted by molar-refractivity contribution is 0.208. The van der Waals surface area contributed by atoms with Gasteiger partial charge in [0.1, 0.15) is 0 Å². The van der Waals surface area contributed by atoms with Crippen molar-refractivity contribution >= 4 is 0 Å². The van der Waals surface area contributed by atoms with Crippen LogP contribution in [0.4, 0.5) is 0 Å². The molecule has 106 valence electrons. The molecule has 2 atom stereocenters. The highest BCUT2D eigenvalue weighted by atomic mass is 14.3. The molecule has 0 heteroatoms. The summed E-state index contributed by atoms with van der Waals surface area (Å²) in [7, 11) is 0. The zero-order valence-electron chi connectivity index (χ0n) is 12.8. The first-order chi connectivity index (χ1) is 8.74. The van der Waals surface area contributed by atoms with Crippen molar-refractivity contribution in [1.82, 2.24) is 0 Å². The molecule has 0 bridgehead atoms. The Kier molecular flexibility index (Phi) is 6.05. The molecule has 2 aliphatic carbocycles. The van der Waals surface area contributed by atoms with Crippen molar-refractivity contribution in [3.63, 3.8) is 0 Å². The van der Waals surface area contributed by atoms with E-state index in [0.29, 0.717) is 0 Å². The molecule has 0 aromatic heterocycles. The van der Waals surface area contributed by atoms with Crippen LogP contribution in [0.15, 0.2) is 0 Å². The lowest BCUT2D eigenvalue weighted by Crippen LogP contribution is -2.18. The van der Waals surface area contributed by atoms with E-state index in [2.05, 4.69) is 13.8 Å². The van der Waals surface area contributed by atoms with Crippen LogP contribution in [0.2, 0.25) is 0 Å². The third-order valence-corrected chi connectivity index (χ3v) is 5.40. The molecular formula is C18H34. The smallest absolute Gasteiger partial charge is 0.0409 e. The standard InChI is InChI=1S/C18H34/c1-15(2)13-18-10-6-9-17(14-18)12-11-16-7-4-3-5-8-16/h15-18H,3-14H2,1-2H3. The van der Waals surface area contributed by atoms with Crippen molar-refractivity contribution in [1.29, 1.82) is 0 Å². The maximum Gasteiger partial charge on any atom is -0.0409 e. The van der Waals surface area contributed by atoms with Gasteiger partial charge in [0, 0.05) is 0 Å². The third-order valence-electron chi connectivity index (χ3n) is 5.40. The molecule has 0 radical (unpaired) electrons. The fourth-order valence-electron chi connectivity index (χ4n) is 4.49. The molecular weight excluding hydrogens is 216 g/mol. The van der Waals surface area contributed by atoms with Crippen molar-refractivity contribution in [3.05, 3.63) is 0 Å². The summed E-state index contributed by atoms with van der Waals surface area (Å²) in [5, 5.41) is 0. The molecule has 0 spiro atoms. The van der Waals surface area contributed by atoms with Crippen LogP contribution >= 0.6 is 0 Å². The minimum Gasteiger partial charge on any atom is -0.0628 e. The van der Waals surface area contributed by atoms with Gasteiger partial charge < -0.3 is 0 Å². The maximum atomic E-state index is 2.39. The highest BCUT2D eigenvalue weighted by molar-refractivity contribution is 4.76. The summed E-state index contributed by atoms with van der Waals surface area (Å²) in [6.45, 7) is 4.79. The van der Waals surface area contributed by atoms with Gasteiger partial charge in [-0.1, -0.05) is 78.1 Å². The van der Waals surface area contributed by atoms with E-state index in [0.717, 1.165) is 23.7 Å². The Bertz CT molecular complexity index is 212. The molecule has 0 saturated heterocycles. The second kappa shape index (κ2) is 7.56. The summed E-state index contributed by atoms with van der Waals surface area (Å²) in [4.78, 5) is 0. The van der Waals surface area contributed by atoms with Crippen LogP contribution in [0, 0.1) is 23.7 Å². The third kappa shape index (κ3) is 4.94. The second-order valence-electron chi connectivity index (χ2n) is 7.61. The largest absolute Gasteiger partial charge is 0.0628 e. The quantitative estimate of drug-likeness (QED) is 0.545. The molecule has 0 aromatic rings. The van der Waals surface area contributed by atoms with Crippen LogP contribution in [0.25, 0.3) is 0 Å². The number of hydrogen-bond donors (Lipinski definition) is 0. The molecule has 18 heavy (non-hydrogen) atoms. The van der Waals surface area contributed by atoms with E-state index in [1.165, 1.54) is 38.5 Å². The summed E-state index contributed by atoms with van der Waals surface area (Å²) >= 11 is 0. The molecule has 2 unspecified atom stereocenters. The average Bonchev–Trinajstić information content (AvgIpc) is 2.37. The van der Waals surface area contributed by atoms with E-state index in [1.807, 2.05) is 0 Å². The molecule has 2 fully saturated rings. The van der Waals surface area contributed by atoms with Crippen molar-refractivity contribution in [3.8, 4) is 0 Å². The van der Waals surface area contributed by atoms with Gasteiger partial charge in [0.05, 0.1) is 0 Å². The van der Waals surface area contributed by atoms with Gasteiger partial charge in [-0.2, -0.15) is 0 Å². The summed E-state index contributed by atoms with van der Waals surface area (Å²) in [6, 6.07) is 0. The van der Waals surface area contributed by atoms with Gasteiger partial charge in [0.15, 0.2) is 0 Å². The van der Waals surface area contributed by atoms with Crippen LogP contribution < -0.4 is 0 Å². The molecule has 2 rings (SSSR count). The first-order valence-corrected chi connectivity index (χ1v) is 8.74. The fraction of sp³-hybridized carbons (Fsp3) is 1.00. The predicted molar refractivity (Wildman–Crippen MR) is 80.7 cm³/mol. The minimum absolute atomic E-state index is 0.909. The highest BCUT2D eigenvalue weighted by Crippen LogP contribution is 2.37. The Morgan fingerprint density at radius 1 is 0.722 bits per heavy atom. The molecule has 0 nitrogen and oxygen atoms in total. The molecule has 0 amide bonds. The molecule has 0 aliphatic heterocycles. The van der Waals surface area contributed by atoms with Crippen LogP contribution in [0.3, 0.4) is 0 Å². The van der Waals surface area contributed by atoms with Gasteiger partial charge >= 0.3 is 0 Å². The Hall–Kier alpha value is 0. The van der Waals surface area contributed by atoms with E-state index in [-0.39, 0.29) is 0 Å². The van der Waals surface area contributed by atoms with E-state index < -0.39 is 0 Å². The van der Waals surface area contributed by atoms with Gasteiger partial charge in [-0.15, -0.1) is 0 Å². The second-order valence-corrected chi connectivity index (χ2v) is 7.61. The number of hydrogen-bond acceptors (Lipinski definition) is 0. The zero-order chi connectivity index (χ0) is 12.8. The SMILES string of the molecule is CC(C)CC1CCCC(CCC2CCCCC2)C1. The normalized spacial score (nSPS) is 30.8. The molecule has 0 N–H and O–H groups in total. The topological polar surface area (TPSA) is 0 Å². The fourth-order valence-corrected chi connectivity index (χ4v) is 4.49. The van der Waals surface area contributed by atoms with Gasteiger partial charge in [-0.3, -0.25) is 0 Å². The van der Waals surface area contributed by atoms with E-state index >= 15 is 0 Å². The van der Waals surface area contributed by atoms with E-state index in [1.54, 1.807) is 38.5 Å². The minimum atomic E-state index is 0.909. The Morgan fingerprint density at radius 2 is 1.33 bits per heavy atom. The zero-order valence-corrected chi connectivity index (χ0v) is 12.8. The van der Waals surface area contributed by atoms with Crippen LogP contribution in [-0.2, 0) is 0 Å². The van der Waals surface area contributed by atoms with Gasteiger partial charge in [-0.05, 0) is 36.5 Å². The molecule has 2 saturated carbocycles. The van der Waals surface area contributed by atoms with Crippen molar-refractivity contribution in [2.24, 2.45) is 23.7 Å². The molecule has 0 heterocycles. The van der Waals surface area contributed by atoms with Gasteiger partial charge in [0.25, 0.3) is 0 Å². The summed E-state index contributed by atoms with van der Waals surface area (Å²) in [5.41, 5.74) is 0. The summed E-state index contributed by atoms with van der Waals surface area (Å²) in [5.74, 6) is 4.16. The first-order valence-electron chi connectivity index (χ1n) is 8.74. The first kappa shape index (κ1) is 14.4. The Morgan fingerprint density at radius 3 is 2.06 bits per heavy atom. The van der Waals surface area contributed by atoms with Gasteiger partial charge in [-0.25, -0.2) is 0 Å². The van der Waals surface area contributed by atoms with Crippen LogP contribution in [-0.4, -0.2) is 0 Å². The average molecular weight is 250 g/mol. The summed E-state index contributed by atoms with van der Waals surface area (Å²) < 4.78 is 0. The lowest BCUT2D eigenvalue weighted by atomic mass is 9.74. The Balaban J connectivity index is 1.65.